The predicted octanol–water partition coefficient (Wildman–Crippen LogP) is -1.31. The molecule has 3 rings (SSSR count). The molecule has 9 heteroatoms. The van der Waals surface area contributed by atoms with Gasteiger partial charge in [0.05, 0.1) is 11.1 Å². The molecule has 2 heterocycles. The third kappa shape index (κ3) is 1.43. The SMILES string of the molecule is CC1(C)[C@]2(O)[C@@H](CO)O[C@@H](n3cc(Br)c(=O)[nH]c3=O)[C@]12O. The zero-order valence-corrected chi connectivity index (χ0v) is 12.9. The number of hydrogen-bond donors (Lipinski definition) is 4. The largest absolute Gasteiger partial charge is 0.394 e. The second kappa shape index (κ2) is 4.05. The molecule has 0 unspecified atom stereocenters. The first-order valence-corrected chi connectivity index (χ1v) is 7.14. The number of rotatable bonds is 2. The lowest BCUT2D eigenvalue weighted by Gasteiger charge is -2.27. The fourth-order valence-corrected chi connectivity index (χ4v) is 3.79. The van der Waals surface area contributed by atoms with E-state index >= 15 is 0 Å². The van der Waals surface area contributed by atoms with Gasteiger partial charge in [-0.3, -0.25) is 14.3 Å². The maximum Gasteiger partial charge on any atom is 0.330 e. The van der Waals surface area contributed by atoms with E-state index in [1.807, 2.05) is 0 Å². The molecule has 1 aromatic rings. The van der Waals surface area contributed by atoms with Gasteiger partial charge in [-0.05, 0) is 15.9 Å². The molecular formula is C12H15BrN2O6. The molecule has 2 fully saturated rings. The average Bonchev–Trinajstić information content (AvgIpc) is 2.65. The van der Waals surface area contributed by atoms with E-state index in [9.17, 15) is 24.9 Å². The van der Waals surface area contributed by atoms with E-state index in [0.717, 1.165) is 4.57 Å². The second-order valence-corrected chi connectivity index (χ2v) is 6.82. The first-order valence-electron chi connectivity index (χ1n) is 6.35. The Hall–Kier alpha value is -1.00. The molecule has 21 heavy (non-hydrogen) atoms. The van der Waals surface area contributed by atoms with Gasteiger partial charge < -0.3 is 20.1 Å². The molecule has 116 valence electrons. The maximum atomic E-state index is 11.9. The number of H-pyrrole nitrogens is 1. The Kier molecular flexibility index (Phi) is 2.88. The average molecular weight is 363 g/mol. The summed E-state index contributed by atoms with van der Waals surface area (Å²) in [6, 6.07) is 0. The molecule has 0 radical (unpaired) electrons. The molecule has 0 amide bonds. The van der Waals surface area contributed by atoms with Crippen LogP contribution in [0.4, 0.5) is 0 Å². The predicted molar refractivity (Wildman–Crippen MR) is 73.7 cm³/mol. The molecule has 4 N–H and O–H groups in total. The molecule has 1 aromatic heterocycles. The summed E-state index contributed by atoms with van der Waals surface area (Å²) in [5, 5.41) is 30.8. The fraction of sp³-hybridized carbons (Fsp3) is 0.667. The van der Waals surface area contributed by atoms with Crippen molar-refractivity contribution in [1.29, 1.82) is 0 Å². The van der Waals surface area contributed by atoms with Crippen molar-refractivity contribution in [2.75, 3.05) is 6.61 Å². The van der Waals surface area contributed by atoms with Crippen molar-refractivity contribution in [3.05, 3.63) is 31.5 Å². The van der Waals surface area contributed by atoms with Crippen LogP contribution in [0.15, 0.2) is 20.3 Å². The van der Waals surface area contributed by atoms with Gasteiger partial charge in [-0.25, -0.2) is 4.79 Å². The van der Waals surface area contributed by atoms with Gasteiger partial charge in [0.2, 0.25) is 0 Å². The van der Waals surface area contributed by atoms with Crippen molar-refractivity contribution in [3.63, 3.8) is 0 Å². The number of hydrogen-bond acceptors (Lipinski definition) is 6. The third-order valence-corrected chi connectivity index (χ3v) is 5.45. The number of nitrogens with one attached hydrogen (secondary N) is 1. The first kappa shape index (κ1) is 14.9. The highest BCUT2D eigenvalue weighted by molar-refractivity contribution is 9.10. The molecule has 0 bridgehead atoms. The Morgan fingerprint density at radius 2 is 2.00 bits per heavy atom. The van der Waals surface area contributed by atoms with Crippen LogP contribution in [0.5, 0.6) is 0 Å². The van der Waals surface area contributed by atoms with Crippen molar-refractivity contribution >= 4 is 15.9 Å². The minimum absolute atomic E-state index is 0.0868. The summed E-state index contributed by atoms with van der Waals surface area (Å²) in [5.41, 5.74) is -5.76. The molecule has 2 aliphatic rings. The van der Waals surface area contributed by atoms with Crippen molar-refractivity contribution < 1.29 is 20.1 Å². The Bertz CT molecular complexity index is 727. The van der Waals surface area contributed by atoms with Crippen LogP contribution in [0.25, 0.3) is 0 Å². The van der Waals surface area contributed by atoms with Crippen LogP contribution >= 0.6 is 15.9 Å². The van der Waals surface area contributed by atoms with Crippen molar-refractivity contribution in [2.45, 2.75) is 37.4 Å². The Morgan fingerprint density at radius 1 is 1.38 bits per heavy atom. The van der Waals surface area contributed by atoms with Gasteiger partial charge in [-0.15, -0.1) is 0 Å². The van der Waals surface area contributed by atoms with E-state index in [-0.39, 0.29) is 4.47 Å². The van der Waals surface area contributed by atoms with Crippen LogP contribution in [0.2, 0.25) is 0 Å². The number of ether oxygens (including phenoxy) is 1. The lowest BCUT2D eigenvalue weighted by Crippen LogP contribution is -2.40. The minimum Gasteiger partial charge on any atom is -0.394 e. The lowest BCUT2D eigenvalue weighted by atomic mass is 10.0. The van der Waals surface area contributed by atoms with Crippen LogP contribution < -0.4 is 11.2 Å². The van der Waals surface area contributed by atoms with E-state index < -0.39 is 46.8 Å². The van der Waals surface area contributed by atoms with Crippen LogP contribution in [0.3, 0.4) is 0 Å². The van der Waals surface area contributed by atoms with Gasteiger partial charge in [0.1, 0.15) is 17.3 Å². The van der Waals surface area contributed by atoms with Gasteiger partial charge in [-0.1, -0.05) is 13.8 Å². The molecule has 1 aliphatic heterocycles. The van der Waals surface area contributed by atoms with Gasteiger partial charge >= 0.3 is 5.69 Å². The van der Waals surface area contributed by atoms with E-state index in [1.54, 1.807) is 13.8 Å². The number of aromatic nitrogens is 2. The van der Waals surface area contributed by atoms with Crippen LogP contribution in [-0.2, 0) is 4.74 Å². The molecule has 1 aliphatic carbocycles. The van der Waals surface area contributed by atoms with Crippen molar-refractivity contribution in [3.8, 4) is 0 Å². The quantitative estimate of drug-likeness (QED) is 0.517. The number of halogens is 1. The maximum absolute atomic E-state index is 11.9. The van der Waals surface area contributed by atoms with Gasteiger partial charge in [0.25, 0.3) is 5.56 Å². The molecular weight excluding hydrogens is 348 g/mol. The Balaban J connectivity index is 2.16. The highest BCUT2D eigenvalue weighted by atomic mass is 79.9. The molecule has 0 spiro atoms. The van der Waals surface area contributed by atoms with E-state index in [4.69, 9.17) is 4.74 Å². The van der Waals surface area contributed by atoms with Crippen molar-refractivity contribution in [1.82, 2.24) is 9.55 Å². The zero-order valence-electron chi connectivity index (χ0n) is 11.3. The normalized spacial score (nSPS) is 40.1. The third-order valence-electron chi connectivity index (χ3n) is 4.88. The standard InChI is InChI=1S/C12H15BrN2O6/c1-10(2)11(19)6(4-16)21-8(12(10,11)20)15-3-5(13)7(17)14-9(15)18/h3,6,8,16,19-20H,4H2,1-2H3,(H,14,17,18)/t6-,8-,11-,12+/m1/s1. The number of aliphatic hydroxyl groups excluding tert-OH is 1. The van der Waals surface area contributed by atoms with E-state index in [2.05, 4.69) is 20.9 Å². The van der Waals surface area contributed by atoms with Gasteiger partial charge in [0.15, 0.2) is 6.23 Å². The molecule has 0 aromatic carbocycles. The Labute approximate surface area is 127 Å². The van der Waals surface area contributed by atoms with E-state index in [1.165, 1.54) is 6.20 Å². The monoisotopic (exact) mass is 362 g/mol. The topological polar surface area (TPSA) is 125 Å². The molecule has 4 atom stereocenters. The minimum atomic E-state index is -1.74. The lowest BCUT2D eigenvalue weighted by molar-refractivity contribution is -0.126. The van der Waals surface area contributed by atoms with Crippen LogP contribution in [-0.4, -0.2) is 48.8 Å². The zero-order chi connectivity index (χ0) is 15.8. The summed E-state index contributed by atoms with van der Waals surface area (Å²) in [7, 11) is 0. The summed E-state index contributed by atoms with van der Waals surface area (Å²) in [5.74, 6) is 0. The van der Waals surface area contributed by atoms with Crippen LogP contribution in [0, 0.1) is 5.41 Å². The number of nitrogens with zero attached hydrogens (tertiary/aromatic N) is 1. The Morgan fingerprint density at radius 3 is 2.52 bits per heavy atom. The summed E-state index contributed by atoms with van der Waals surface area (Å²) in [4.78, 5) is 25.4. The van der Waals surface area contributed by atoms with E-state index in [0.29, 0.717) is 0 Å². The number of aliphatic hydroxyl groups is 3. The summed E-state index contributed by atoms with van der Waals surface area (Å²) < 4.78 is 6.53. The highest BCUT2D eigenvalue weighted by Crippen LogP contribution is 2.75. The summed E-state index contributed by atoms with van der Waals surface area (Å²) >= 11 is 3.00. The van der Waals surface area contributed by atoms with Crippen molar-refractivity contribution in [2.24, 2.45) is 5.41 Å². The highest BCUT2D eigenvalue weighted by Gasteiger charge is 2.92. The molecule has 8 nitrogen and oxygen atoms in total. The first-order chi connectivity index (χ1) is 9.62. The number of fused-ring (bicyclic) bond motifs is 1. The van der Waals surface area contributed by atoms with Crippen LogP contribution in [0.1, 0.15) is 20.1 Å². The molecule has 1 saturated heterocycles. The fourth-order valence-electron chi connectivity index (χ4n) is 3.47. The van der Waals surface area contributed by atoms with Gasteiger partial charge in [0, 0.05) is 11.6 Å². The second-order valence-electron chi connectivity index (χ2n) is 5.96. The smallest absolute Gasteiger partial charge is 0.330 e. The summed E-state index contributed by atoms with van der Waals surface area (Å²) in [6.07, 6.45) is -1.05. The van der Waals surface area contributed by atoms with Gasteiger partial charge in [-0.2, -0.15) is 0 Å². The number of aromatic amines is 1. The molecule has 1 saturated carbocycles. The summed E-state index contributed by atoms with van der Waals surface area (Å²) in [6.45, 7) is 2.74.